The fourth-order valence-electron chi connectivity index (χ4n) is 5.42. The molecule has 1 unspecified atom stereocenters. The Morgan fingerprint density at radius 2 is 1.89 bits per heavy atom. The van der Waals surface area contributed by atoms with Gasteiger partial charge in [0.1, 0.15) is 11.9 Å². The van der Waals surface area contributed by atoms with Crippen molar-refractivity contribution in [1.29, 1.82) is 0 Å². The van der Waals surface area contributed by atoms with E-state index < -0.39 is 12.0 Å². The number of benzene rings is 2. The number of likely N-dealkylation sites (tertiary alicyclic amines) is 1. The lowest BCUT2D eigenvalue weighted by molar-refractivity contribution is -0.144. The third kappa shape index (κ3) is 5.10. The van der Waals surface area contributed by atoms with E-state index in [2.05, 4.69) is 10.2 Å². The van der Waals surface area contributed by atoms with Gasteiger partial charge in [-0.3, -0.25) is 0 Å². The molecule has 2 aliphatic rings. The van der Waals surface area contributed by atoms with Crippen molar-refractivity contribution in [2.24, 2.45) is 11.3 Å². The van der Waals surface area contributed by atoms with Gasteiger partial charge in [0, 0.05) is 35.8 Å². The SMILES string of the molecule is CC[C@H](C)[C@H](NC(=O)N1CCC2(CC1)CN(c1cccc(F)c1)C2c1ccc(Cl)cc1)C(=O)OC. The van der Waals surface area contributed by atoms with Gasteiger partial charge in [-0.2, -0.15) is 0 Å². The molecule has 6 nitrogen and oxygen atoms in total. The van der Waals surface area contributed by atoms with Crippen molar-refractivity contribution in [3.63, 3.8) is 0 Å². The van der Waals surface area contributed by atoms with Crippen LogP contribution in [0.1, 0.15) is 44.7 Å². The number of hydrogen-bond acceptors (Lipinski definition) is 4. The summed E-state index contributed by atoms with van der Waals surface area (Å²) in [5.74, 6) is -0.705. The molecule has 2 saturated heterocycles. The van der Waals surface area contributed by atoms with Crippen molar-refractivity contribution in [3.8, 4) is 0 Å². The Hall–Kier alpha value is -2.80. The van der Waals surface area contributed by atoms with Gasteiger partial charge < -0.3 is 19.9 Å². The normalized spacial score (nSPS) is 20.7. The highest BCUT2D eigenvalue weighted by Crippen LogP contribution is 2.56. The van der Waals surface area contributed by atoms with Gasteiger partial charge in [-0.1, -0.05) is 50.1 Å². The molecule has 0 saturated carbocycles. The second-order valence-electron chi connectivity index (χ2n) is 9.75. The van der Waals surface area contributed by atoms with Crippen molar-refractivity contribution in [3.05, 3.63) is 64.9 Å². The number of urea groups is 1. The van der Waals surface area contributed by atoms with Crippen LogP contribution in [0.2, 0.25) is 5.02 Å². The van der Waals surface area contributed by atoms with Gasteiger partial charge in [0.25, 0.3) is 0 Å². The molecule has 2 aromatic rings. The van der Waals surface area contributed by atoms with Crippen LogP contribution in [0.3, 0.4) is 0 Å². The number of rotatable bonds is 6. The minimum Gasteiger partial charge on any atom is -0.467 e. The van der Waals surface area contributed by atoms with Crippen LogP contribution in [0.15, 0.2) is 48.5 Å². The number of anilines is 1. The standard InChI is InChI=1S/C27H33ClFN3O3/c1-4-18(2)23(25(33)35-3)30-26(34)31-14-12-27(13-15-31)17-32(22-7-5-6-21(29)16-22)24(27)19-8-10-20(28)11-9-19/h5-11,16,18,23-24H,4,12-15,17H2,1-3H3,(H,30,34)/t18-,23-,24?/m0/s1. The summed E-state index contributed by atoms with van der Waals surface area (Å²) >= 11 is 6.14. The summed E-state index contributed by atoms with van der Waals surface area (Å²) < 4.78 is 18.9. The molecule has 0 bridgehead atoms. The number of hydrogen-bond donors (Lipinski definition) is 1. The zero-order chi connectivity index (χ0) is 25.2. The Bertz CT molecular complexity index is 1060. The Balaban J connectivity index is 1.49. The van der Waals surface area contributed by atoms with E-state index in [1.807, 2.05) is 44.2 Å². The molecule has 8 heteroatoms. The number of carbonyl (C=O) groups is 2. The summed E-state index contributed by atoms with van der Waals surface area (Å²) in [6.07, 6.45) is 2.37. The third-order valence-corrected chi connectivity index (χ3v) is 7.95. The molecule has 2 fully saturated rings. The first kappa shape index (κ1) is 25.3. The van der Waals surface area contributed by atoms with Crippen LogP contribution in [-0.4, -0.2) is 49.7 Å². The summed E-state index contributed by atoms with van der Waals surface area (Å²) in [4.78, 5) is 29.2. The molecule has 0 radical (unpaired) electrons. The molecule has 35 heavy (non-hydrogen) atoms. The smallest absolute Gasteiger partial charge is 0.328 e. The molecule has 1 spiro atoms. The van der Waals surface area contributed by atoms with Crippen molar-refractivity contribution >= 4 is 29.3 Å². The molecule has 1 N–H and O–H groups in total. The van der Waals surface area contributed by atoms with Crippen LogP contribution in [-0.2, 0) is 9.53 Å². The molecule has 188 valence electrons. The van der Waals surface area contributed by atoms with Gasteiger partial charge in [0.2, 0.25) is 0 Å². The van der Waals surface area contributed by atoms with E-state index in [9.17, 15) is 14.0 Å². The summed E-state index contributed by atoms with van der Waals surface area (Å²) in [6, 6.07) is 13.7. The topological polar surface area (TPSA) is 61.9 Å². The van der Waals surface area contributed by atoms with Gasteiger partial charge in [-0.25, -0.2) is 14.0 Å². The average molecular weight is 502 g/mol. The minimum atomic E-state index is -0.664. The van der Waals surface area contributed by atoms with E-state index in [4.69, 9.17) is 16.3 Å². The summed E-state index contributed by atoms with van der Waals surface area (Å²) in [7, 11) is 1.34. The molecule has 0 aromatic heterocycles. The zero-order valence-corrected chi connectivity index (χ0v) is 21.2. The van der Waals surface area contributed by atoms with Gasteiger partial charge in [0.05, 0.1) is 13.2 Å². The Morgan fingerprint density at radius 3 is 2.49 bits per heavy atom. The number of esters is 1. The lowest BCUT2D eigenvalue weighted by Crippen LogP contribution is -2.63. The van der Waals surface area contributed by atoms with Crippen molar-refractivity contribution in [1.82, 2.24) is 10.2 Å². The Labute approximate surface area is 211 Å². The first-order chi connectivity index (χ1) is 16.8. The van der Waals surface area contributed by atoms with Gasteiger partial charge in [-0.05, 0) is 54.7 Å². The molecular formula is C27H33ClFN3O3. The summed E-state index contributed by atoms with van der Waals surface area (Å²) in [5.41, 5.74) is 1.95. The number of carbonyl (C=O) groups excluding carboxylic acids is 2. The van der Waals surface area contributed by atoms with Crippen LogP contribution in [0.25, 0.3) is 0 Å². The van der Waals surface area contributed by atoms with Crippen LogP contribution in [0.5, 0.6) is 0 Å². The number of amides is 2. The quantitative estimate of drug-likeness (QED) is 0.537. The van der Waals surface area contributed by atoms with Crippen LogP contribution < -0.4 is 10.2 Å². The number of nitrogens with zero attached hydrogens (tertiary/aromatic N) is 2. The number of ether oxygens (including phenoxy) is 1. The van der Waals surface area contributed by atoms with E-state index >= 15 is 0 Å². The Kier molecular flexibility index (Phi) is 7.55. The van der Waals surface area contributed by atoms with E-state index in [0.29, 0.717) is 18.1 Å². The number of piperidine rings is 1. The fourth-order valence-corrected chi connectivity index (χ4v) is 5.54. The fraction of sp³-hybridized carbons (Fsp3) is 0.481. The number of halogens is 2. The van der Waals surface area contributed by atoms with Crippen LogP contribution >= 0.6 is 11.6 Å². The highest BCUT2D eigenvalue weighted by Gasteiger charge is 2.54. The minimum absolute atomic E-state index is 0.0247. The molecule has 4 rings (SSSR count). The van der Waals surface area contributed by atoms with E-state index in [0.717, 1.165) is 37.1 Å². The van der Waals surface area contributed by atoms with E-state index in [1.165, 1.54) is 13.2 Å². The molecule has 3 atom stereocenters. The lowest BCUT2D eigenvalue weighted by atomic mass is 9.63. The lowest BCUT2D eigenvalue weighted by Gasteiger charge is -2.61. The second kappa shape index (κ2) is 10.4. The highest BCUT2D eigenvalue weighted by atomic mass is 35.5. The van der Waals surface area contributed by atoms with E-state index in [-0.39, 0.29) is 29.2 Å². The average Bonchev–Trinajstić information content (AvgIpc) is 2.86. The first-order valence-electron chi connectivity index (χ1n) is 12.2. The third-order valence-electron chi connectivity index (χ3n) is 7.70. The monoisotopic (exact) mass is 501 g/mol. The Morgan fingerprint density at radius 1 is 1.20 bits per heavy atom. The van der Waals surface area contributed by atoms with Gasteiger partial charge in [0.15, 0.2) is 0 Å². The maximum Gasteiger partial charge on any atom is 0.328 e. The molecule has 2 heterocycles. The molecule has 2 aliphatic heterocycles. The number of methoxy groups -OCH3 is 1. The van der Waals surface area contributed by atoms with Crippen LogP contribution in [0, 0.1) is 17.2 Å². The predicted molar refractivity (Wildman–Crippen MR) is 135 cm³/mol. The zero-order valence-electron chi connectivity index (χ0n) is 20.5. The van der Waals surface area contributed by atoms with Gasteiger partial charge in [-0.15, -0.1) is 0 Å². The first-order valence-corrected chi connectivity index (χ1v) is 12.6. The molecule has 2 aromatic carbocycles. The molecule has 2 amide bonds. The second-order valence-corrected chi connectivity index (χ2v) is 10.2. The summed E-state index contributed by atoms with van der Waals surface area (Å²) in [5, 5.41) is 3.56. The maximum atomic E-state index is 14.0. The predicted octanol–water partition coefficient (Wildman–Crippen LogP) is 5.42. The van der Waals surface area contributed by atoms with E-state index in [1.54, 1.807) is 17.0 Å². The highest BCUT2D eigenvalue weighted by molar-refractivity contribution is 6.30. The van der Waals surface area contributed by atoms with Crippen molar-refractivity contribution in [2.75, 3.05) is 31.6 Å². The van der Waals surface area contributed by atoms with Crippen molar-refractivity contribution < 1.29 is 18.7 Å². The molecular weight excluding hydrogens is 469 g/mol. The maximum absolute atomic E-state index is 14.0. The molecule has 0 aliphatic carbocycles. The number of nitrogens with one attached hydrogen (secondary N) is 1. The van der Waals surface area contributed by atoms with Crippen molar-refractivity contribution in [2.45, 2.75) is 45.2 Å². The van der Waals surface area contributed by atoms with Crippen LogP contribution in [0.4, 0.5) is 14.9 Å². The van der Waals surface area contributed by atoms with Gasteiger partial charge >= 0.3 is 12.0 Å². The summed E-state index contributed by atoms with van der Waals surface area (Å²) in [6.45, 7) is 5.87. The largest absolute Gasteiger partial charge is 0.467 e.